The van der Waals surface area contributed by atoms with Gasteiger partial charge in [0.1, 0.15) is 0 Å². The molecule has 3 aromatic rings. The van der Waals surface area contributed by atoms with E-state index in [2.05, 4.69) is 44.1 Å². The molecule has 0 N–H and O–H groups in total. The van der Waals surface area contributed by atoms with Crippen molar-refractivity contribution < 1.29 is 9.53 Å². The van der Waals surface area contributed by atoms with Gasteiger partial charge in [-0.15, -0.1) is 0 Å². The van der Waals surface area contributed by atoms with Crippen molar-refractivity contribution in [3.05, 3.63) is 58.3 Å². The fourth-order valence-corrected chi connectivity index (χ4v) is 2.78. The Morgan fingerprint density at radius 3 is 2.33 bits per heavy atom. The van der Waals surface area contributed by atoms with Gasteiger partial charge >= 0.3 is 5.97 Å². The summed E-state index contributed by atoms with van der Waals surface area (Å²) in [5.74, 6) is -0.381. The van der Waals surface area contributed by atoms with Gasteiger partial charge in [-0.05, 0) is 81.1 Å². The lowest BCUT2D eigenvalue weighted by Gasteiger charge is -2.08. The molecular weight excluding hydrogens is 300 g/mol. The number of rotatable bonds is 3. The molecule has 0 saturated heterocycles. The smallest absolute Gasteiger partial charge is 0.359 e. The Morgan fingerprint density at radius 2 is 1.67 bits per heavy atom. The Labute approximate surface area is 142 Å². The van der Waals surface area contributed by atoms with Crippen LogP contribution in [0.15, 0.2) is 30.3 Å². The minimum Gasteiger partial charge on any atom is -0.461 e. The van der Waals surface area contributed by atoms with Crippen molar-refractivity contribution in [3.63, 3.8) is 0 Å². The van der Waals surface area contributed by atoms with Gasteiger partial charge in [0.15, 0.2) is 5.69 Å². The van der Waals surface area contributed by atoms with E-state index in [1.165, 1.54) is 16.7 Å². The van der Waals surface area contributed by atoms with Gasteiger partial charge in [-0.25, -0.2) is 9.48 Å². The van der Waals surface area contributed by atoms with Crippen molar-refractivity contribution in [2.24, 2.45) is 0 Å². The van der Waals surface area contributed by atoms with E-state index in [1.807, 2.05) is 23.7 Å². The molecule has 0 unspecified atom stereocenters. The summed E-state index contributed by atoms with van der Waals surface area (Å²) >= 11 is 0. The van der Waals surface area contributed by atoms with Crippen LogP contribution in [0.1, 0.15) is 39.7 Å². The van der Waals surface area contributed by atoms with E-state index in [9.17, 15) is 4.79 Å². The zero-order valence-electron chi connectivity index (χ0n) is 14.8. The Balaban J connectivity index is 2.29. The van der Waals surface area contributed by atoms with E-state index < -0.39 is 0 Å². The van der Waals surface area contributed by atoms with Crippen molar-refractivity contribution in [2.45, 2.75) is 34.6 Å². The number of carbonyl (C=O) groups excluding carboxylic acids is 1. The topological polar surface area (TPSA) is 44.1 Å². The lowest BCUT2D eigenvalue weighted by Crippen LogP contribution is -2.07. The average molecular weight is 322 g/mol. The molecule has 124 valence electrons. The molecule has 0 saturated carbocycles. The first-order valence-corrected chi connectivity index (χ1v) is 8.17. The number of esters is 1. The van der Waals surface area contributed by atoms with Crippen molar-refractivity contribution in [3.8, 4) is 5.69 Å². The van der Waals surface area contributed by atoms with Crippen LogP contribution in [-0.4, -0.2) is 22.4 Å². The van der Waals surface area contributed by atoms with Gasteiger partial charge in [0.2, 0.25) is 0 Å². The summed E-state index contributed by atoms with van der Waals surface area (Å²) in [5.41, 5.74) is 6.96. The maximum absolute atomic E-state index is 12.3. The third kappa shape index (κ3) is 2.68. The molecule has 4 heteroatoms. The zero-order chi connectivity index (χ0) is 17.4. The van der Waals surface area contributed by atoms with Gasteiger partial charge in [0.25, 0.3) is 0 Å². The summed E-state index contributed by atoms with van der Waals surface area (Å²) in [6, 6.07) is 10.3. The summed E-state index contributed by atoms with van der Waals surface area (Å²) < 4.78 is 7.02. The molecule has 0 radical (unpaired) electrons. The molecule has 4 nitrogen and oxygen atoms in total. The van der Waals surface area contributed by atoms with Gasteiger partial charge < -0.3 is 4.74 Å². The van der Waals surface area contributed by atoms with Crippen LogP contribution in [0.2, 0.25) is 0 Å². The third-order valence-corrected chi connectivity index (χ3v) is 4.50. The van der Waals surface area contributed by atoms with Crippen molar-refractivity contribution >= 4 is 16.9 Å². The van der Waals surface area contributed by atoms with E-state index in [4.69, 9.17) is 4.74 Å². The predicted molar refractivity (Wildman–Crippen MR) is 96.0 cm³/mol. The van der Waals surface area contributed by atoms with Crippen molar-refractivity contribution in [1.82, 2.24) is 9.78 Å². The molecular formula is C20H22N2O2. The highest BCUT2D eigenvalue weighted by atomic mass is 16.5. The molecule has 0 fully saturated rings. The first kappa shape index (κ1) is 16.2. The Kier molecular flexibility index (Phi) is 4.14. The molecule has 0 amide bonds. The third-order valence-electron chi connectivity index (χ3n) is 4.50. The lowest BCUT2D eigenvalue weighted by molar-refractivity contribution is 0.0521. The zero-order valence-corrected chi connectivity index (χ0v) is 14.8. The van der Waals surface area contributed by atoms with Gasteiger partial charge in [-0.1, -0.05) is 6.07 Å². The Bertz CT molecular complexity index is 938. The summed E-state index contributed by atoms with van der Waals surface area (Å²) in [4.78, 5) is 12.3. The maximum atomic E-state index is 12.3. The van der Waals surface area contributed by atoms with E-state index in [0.717, 1.165) is 22.2 Å². The molecule has 0 bridgehead atoms. The molecule has 0 aliphatic heterocycles. The standard InChI is InChI=1S/C20H22N2O2/c1-6-24-20(23)19-17-10-14(4)15(5)11-18(17)22(21-19)16-8-7-12(2)13(3)9-16/h7-11H,6H2,1-5H3. The van der Waals surface area contributed by atoms with Crippen LogP contribution in [0.25, 0.3) is 16.6 Å². The lowest BCUT2D eigenvalue weighted by atomic mass is 10.1. The second-order valence-electron chi connectivity index (χ2n) is 6.20. The average Bonchev–Trinajstić information content (AvgIpc) is 2.89. The van der Waals surface area contributed by atoms with Crippen molar-refractivity contribution in [2.75, 3.05) is 6.61 Å². The fraction of sp³-hybridized carbons (Fsp3) is 0.300. The summed E-state index contributed by atoms with van der Waals surface area (Å²) in [6.45, 7) is 10.4. The minimum absolute atomic E-state index is 0.335. The van der Waals surface area contributed by atoms with Crippen LogP contribution < -0.4 is 0 Å². The van der Waals surface area contributed by atoms with E-state index >= 15 is 0 Å². The number of benzene rings is 2. The number of aryl methyl sites for hydroxylation is 4. The Morgan fingerprint density at radius 1 is 1.00 bits per heavy atom. The van der Waals surface area contributed by atoms with Crippen LogP contribution in [0.3, 0.4) is 0 Å². The molecule has 0 atom stereocenters. The highest BCUT2D eigenvalue weighted by Gasteiger charge is 2.20. The number of fused-ring (bicyclic) bond motifs is 1. The summed E-state index contributed by atoms with van der Waals surface area (Å²) in [7, 11) is 0. The number of carbonyl (C=O) groups is 1. The number of aromatic nitrogens is 2. The first-order valence-electron chi connectivity index (χ1n) is 8.17. The quantitative estimate of drug-likeness (QED) is 0.670. The minimum atomic E-state index is -0.381. The molecule has 0 spiro atoms. The normalized spacial score (nSPS) is 11.0. The highest BCUT2D eigenvalue weighted by Crippen LogP contribution is 2.27. The fourth-order valence-electron chi connectivity index (χ4n) is 2.78. The van der Waals surface area contributed by atoms with Crippen LogP contribution in [0.4, 0.5) is 0 Å². The molecule has 1 aromatic heterocycles. The van der Waals surface area contributed by atoms with Crippen LogP contribution in [-0.2, 0) is 4.74 Å². The number of ether oxygens (including phenoxy) is 1. The molecule has 3 rings (SSSR count). The summed E-state index contributed by atoms with van der Waals surface area (Å²) in [5, 5.41) is 5.40. The SMILES string of the molecule is CCOC(=O)c1nn(-c2ccc(C)c(C)c2)c2cc(C)c(C)cc12. The number of hydrogen-bond donors (Lipinski definition) is 0. The first-order chi connectivity index (χ1) is 11.4. The van der Waals surface area contributed by atoms with Crippen molar-refractivity contribution in [1.29, 1.82) is 0 Å². The second kappa shape index (κ2) is 6.11. The molecule has 1 heterocycles. The van der Waals surface area contributed by atoms with Gasteiger partial charge in [0.05, 0.1) is 17.8 Å². The van der Waals surface area contributed by atoms with Gasteiger partial charge in [-0.3, -0.25) is 0 Å². The summed E-state index contributed by atoms with van der Waals surface area (Å²) in [6.07, 6.45) is 0. The predicted octanol–water partition coefficient (Wildman–Crippen LogP) is 4.44. The molecule has 0 aliphatic carbocycles. The van der Waals surface area contributed by atoms with Crippen LogP contribution in [0, 0.1) is 27.7 Å². The van der Waals surface area contributed by atoms with Crippen LogP contribution in [0.5, 0.6) is 0 Å². The molecule has 0 aliphatic rings. The molecule has 2 aromatic carbocycles. The van der Waals surface area contributed by atoms with Gasteiger partial charge in [0, 0.05) is 5.39 Å². The second-order valence-corrected chi connectivity index (χ2v) is 6.20. The largest absolute Gasteiger partial charge is 0.461 e. The number of hydrogen-bond acceptors (Lipinski definition) is 3. The Hall–Kier alpha value is -2.62. The van der Waals surface area contributed by atoms with Crippen LogP contribution >= 0.6 is 0 Å². The highest BCUT2D eigenvalue weighted by molar-refractivity contribution is 6.03. The maximum Gasteiger partial charge on any atom is 0.359 e. The monoisotopic (exact) mass is 322 g/mol. The van der Waals surface area contributed by atoms with E-state index in [0.29, 0.717) is 12.3 Å². The van der Waals surface area contributed by atoms with E-state index in [-0.39, 0.29) is 5.97 Å². The van der Waals surface area contributed by atoms with E-state index in [1.54, 1.807) is 6.92 Å². The molecule has 24 heavy (non-hydrogen) atoms. The number of nitrogens with zero attached hydrogens (tertiary/aromatic N) is 2. The van der Waals surface area contributed by atoms with Gasteiger partial charge in [-0.2, -0.15) is 5.10 Å².